The average molecular weight is 352 g/mol. The van der Waals surface area contributed by atoms with Crippen LogP contribution in [0.25, 0.3) is 0 Å². The number of benzene rings is 2. The second-order valence-electron chi connectivity index (χ2n) is 4.88. The molecule has 0 aliphatic heterocycles. The Balaban J connectivity index is 2.14. The lowest BCUT2D eigenvalue weighted by molar-refractivity contribution is 0.299. The molecule has 21 heavy (non-hydrogen) atoms. The van der Waals surface area contributed by atoms with Crippen molar-refractivity contribution in [2.24, 2.45) is 0 Å². The summed E-state index contributed by atoms with van der Waals surface area (Å²) in [5.74, 6) is 0.602. The molecule has 0 spiro atoms. The van der Waals surface area contributed by atoms with Gasteiger partial charge in [-0.15, -0.1) is 0 Å². The van der Waals surface area contributed by atoms with Crippen molar-refractivity contribution in [3.63, 3.8) is 0 Å². The normalized spacial score (nSPS) is 12.2. The van der Waals surface area contributed by atoms with Gasteiger partial charge in [0.15, 0.2) is 0 Å². The Bertz CT molecular complexity index is 586. The van der Waals surface area contributed by atoms with Gasteiger partial charge in [0.05, 0.1) is 0 Å². The van der Waals surface area contributed by atoms with Crippen molar-refractivity contribution in [2.45, 2.75) is 26.5 Å². The zero-order chi connectivity index (χ0) is 15.2. The largest absolute Gasteiger partial charge is 0.489 e. The summed E-state index contributed by atoms with van der Waals surface area (Å²) in [5.41, 5.74) is 2.06. The molecule has 0 aliphatic rings. The van der Waals surface area contributed by atoms with Crippen molar-refractivity contribution in [3.8, 4) is 5.75 Å². The zero-order valence-corrected chi connectivity index (χ0v) is 13.8. The first kappa shape index (κ1) is 16.0. The van der Waals surface area contributed by atoms with Crippen LogP contribution in [0.15, 0.2) is 46.9 Å². The van der Waals surface area contributed by atoms with Gasteiger partial charge in [0.25, 0.3) is 0 Å². The maximum Gasteiger partial charge on any atom is 0.125 e. The van der Waals surface area contributed by atoms with Crippen LogP contribution >= 0.6 is 15.9 Å². The van der Waals surface area contributed by atoms with Crippen molar-refractivity contribution in [1.82, 2.24) is 5.32 Å². The molecule has 0 saturated heterocycles. The summed E-state index contributed by atoms with van der Waals surface area (Å²) in [4.78, 5) is 0. The molecule has 0 fully saturated rings. The monoisotopic (exact) mass is 351 g/mol. The lowest BCUT2D eigenvalue weighted by Gasteiger charge is -2.18. The van der Waals surface area contributed by atoms with Crippen LogP contribution in [0, 0.1) is 5.82 Å². The molecule has 0 radical (unpaired) electrons. The lowest BCUT2D eigenvalue weighted by atomic mass is 10.1. The molecule has 4 heteroatoms. The third-order valence-corrected chi connectivity index (χ3v) is 3.75. The Hall–Kier alpha value is -1.39. The van der Waals surface area contributed by atoms with Crippen molar-refractivity contribution >= 4 is 15.9 Å². The molecule has 0 bridgehead atoms. The summed E-state index contributed by atoms with van der Waals surface area (Å²) in [7, 11) is 0. The Morgan fingerprint density at radius 2 is 1.90 bits per heavy atom. The van der Waals surface area contributed by atoms with E-state index in [9.17, 15) is 4.39 Å². The fourth-order valence-corrected chi connectivity index (χ4v) is 2.49. The number of nitrogens with one attached hydrogen (secondary N) is 1. The van der Waals surface area contributed by atoms with Crippen LogP contribution in [0.4, 0.5) is 4.39 Å². The van der Waals surface area contributed by atoms with Crippen LogP contribution in [0.5, 0.6) is 5.75 Å². The van der Waals surface area contributed by atoms with Gasteiger partial charge in [-0.25, -0.2) is 4.39 Å². The predicted octanol–water partition coefficient (Wildman–Crippen LogP) is 4.84. The molecule has 112 valence electrons. The van der Waals surface area contributed by atoms with E-state index in [-0.39, 0.29) is 11.9 Å². The number of rotatable bonds is 6. The molecule has 1 N–H and O–H groups in total. The number of halogens is 2. The minimum atomic E-state index is -0.234. The zero-order valence-electron chi connectivity index (χ0n) is 12.2. The summed E-state index contributed by atoms with van der Waals surface area (Å²) in [6, 6.07) is 12.6. The van der Waals surface area contributed by atoms with Crippen molar-refractivity contribution in [3.05, 3.63) is 63.9 Å². The van der Waals surface area contributed by atoms with Gasteiger partial charge in [0.1, 0.15) is 18.2 Å². The van der Waals surface area contributed by atoms with Gasteiger partial charge < -0.3 is 10.1 Å². The molecule has 2 aromatic carbocycles. The fourth-order valence-electron chi connectivity index (χ4n) is 2.15. The number of hydrogen-bond acceptors (Lipinski definition) is 2. The standard InChI is InChI=1S/C17H19BrFNO/c1-3-20-12(2)16-9-6-14(18)10-17(16)21-11-13-4-7-15(19)8-5-13/h4-10,12,20H,3,11H2,1-2H3. The van der Waals surface area contributed by atoms with Gasteiger partial charge in [-0.3, -0.25) is 0 Å². The van der Waals surface area contributed by atoms with E-state index in [1.54, 1.807) is 12.1 Å². The van der Waals surface area contributed by atoms with E-state index in [1.165, 1.54) is 12.1 Å². The Labute approximate surface area is 133 Å². The molecular formula is C17H19BrFNO. The summed E-state index contributed by atoms with van der Waals surface area (Å²) < 4.78 is 19.8. The molecule has 0 aromatic heterocycles. The minimum absolute atomic E-state index is 0.214. The molecular weight excluding hydrogens is 333 g/mol. The summed E-state index contributed by atoms with van der Waals surface area (Å²) in [6.07, 6.45) is 0. The Morgan fingerprint density at radius 1 is 1.19 bits per heavy atom. The summed E-state index contributed by atoms with van der Waals surface area (Å²) >= 11 is 3.47. The van der Waals surface area contributed by atoms with E-state index in [4.69, 9.17) is 4.74 Å². The van der Waals surface area contributed by atoms with E-state index in [0.717, 1.165) is 27.9 Å². The van der Waals surface area contributed by atoms with Crippen LogP contribution in [-0.2, 0) is 6.61 Å². The van der Waals surface area contributed by atoms with Crippen LogP contribution in [0.2, 0.25) is 0 Å². The maximum atomic E-state index is 12.9. The fraction of sp³-hybridized carbons (Fsp3) is 0.294. The predicted molar refractivity (Wildman–Crippen MR) is 87.0 cm³/mol. The smallest absolute Gasteiger partial charge is 0.125 e. The van der Waals surface area contributed by atoms with Crippen LogP contribution in [-0.4, -0.2) is 6.54 Å². The minimum Gasteiger partial charge on any atom is -0.489 e. The van der Waals surface area contributed by atoms with Crippen molar-refractivity contribution < 1.29 is 9.13 Å². The number of hydrogen-bond donors (Lipinski definition) is 1. The Morgan fingerprint density at radius 3 is 2.57 bits per heavy atom. The third-order valence-electron chi connectivity index (χ3n) is 3.26. The van der Waals surface area contributed by atoms with Gasteiger partial charge in [-0.2, -0.15) is 0 Å². The topological polar surface area (TPSA) is 21.3 Å². The van der Waals surface area contributed by atoms with Crippen LogP contribution in [0.1, 0.15) is 31.0 Å². The molecule has 1 unspecified atom stereocenters. The highest BCUT2D eigenvalue weighted by atomic mass is 79.9. The van der Waals surface area contributed by atoms with Crippen molar-refractivity contribution in [1.29, 1.82) is 0 Å². The molecule has 1 atom stereocenters. The van der Waals surface area contributed by atoms with Gasteiger partial charge >= 0.3 is 0 Å². The van der Waals surface area contributed by atoms with Crippen LogP contribution in [0.3, 0.4) is 0 Å². The highest BCUT2D eigenvalue weighted by Gasteiger charge is 2.11. The summed E-state index contributed by atoms with van der Waals surface area (Å²) in [6.45, 7) is 5.50. The maximum absolute atomic E-state index is 12.9. The molecule has 2 nitrogen and oxygen atoms in total. The van der Waals surface area contributed by atoms with Gasteiger partial charge in [-0.05, 0) is 43.3 Å². The SMILES string of the molecule is CCNC(C)c1ccc(Br)cc1OCc1ccc(F)cc1. The van der Waals surface area contributed by atoms with Gasteiger partial charge in [0.2, 0.25) is 0 Å². The van der Waals surface area contributed by atoms with E-state index >= 15 is 0 Å². The average Bonchev–Trinajstić information content (AvgIpc) is 2.47. The first-order valence-corrected chi connectivity index (χ1v) is 7.79. The molecule has 2 aromatic rings. The first-order valence-electron chi connectivity index (χ1n) is 7.00. The second-order valence-corrected chi connectivity index (χ2v) is 5.79. The number of ether oxygens (including phenoxy) is 1. The van der Waals surface area contributed by atoms with E-state index in [0.29, 0.717) is 6.61 Å². The van der Waals surface area contributed by atoms with Crippen molar-refractivity contribution in [2.75, 3.05) is 6.54 Å². The van der Waals surface area contributed by atoms with Crippen LogP contribution < -0.4 is 10.1 Å². The first-order chi connectivity index (χ1) is 10.1. The molecule has 0 amide bonds. The van der Waals surface area contributed by atoms with E-state index in [1.807, 2.05) is 12.1 Å². The van der Waals surface area contributed by atoms with Gasteiger partial charge in [0, 0.05) is 16.1 Å². The highest BCUT2D eigenvalue weighted by molar-refractivity contribution is 9.10. The van der Waals surface area contributed by atoms with E-state index < -0.39 is 0 Å². The van der Waals surface area contributed by atoms with E-state index in [2.05, 4.69) is 41.2 Å². The summed E-state index contributed by atoms with van der Waals surface area (Å²) in [5, 5.41) is 3.38. The molecule has 2 rings (SSSR count). The lowest BCUT2D eigenvalue weighted by Crippen LogP contribution is -2.18. The second kappa shape index (κ2) is 7.57. The third kappa shape index (κ3) is 4.55. The molecule has 0 aliphatic carbocycles. The molecule has 0 heterocycles. The Kier molecular flexibility index (Phi) is 5.76. The van der Waals surface area contributed by atoms with Gasteiger partial charge in [-0.1, -0.05) is 41.1 Å². The highest BCUT2D eigenvalue weighted by Crippen LogP contribution is 2.29. The molecule has 0 saturated carbocycles. The quantitative estimate of drug-likeness (QED) is 0.803.